The summed E-state index contributed by atoms with van der Waals surface area (Å²) in [5, 5.41) is 11.5. The molecule has 0 aromatic heterocycles. The highest BCUT2D eigenvalue weighted by Gasteiger charge is 2.69. The average molecular weight is 381 g/mol. The molecule has 146 valence electrons. The lowest BCUT2D eigenvalue weighted by Crippen LogP contribution is -2.71. The zero-order valence-electron chi connectivity index (χ0n) is 15.8. The first-order valence-electron chi connectivity index (χ1n) is 9.53. The molecule has 2 aromatic carbocycles. The van der Waals surface area contributed by atoms with E-state index in [0.29, 0.717) is 17.7 Å². The number of carbonyl (C=O) groups is 2. The van der Waals surface area contributed by atoms with Crippen LogP contribution in [0, 0.1) is 0 Å². The van der Waals surface area contributed by atoms with E-state index in [-0.39, 0.29) is 26.2 Å². The van der Waals surface area contributed by atoms with Crippen molar-refractivity contribution in [2.75, 3.05) is 18.1 Å². The molecule has 0 unspecified atom stereocenters. The number of benzene rings is 2. The molecular weight excluding hydrogens is 358 g/mol. The van der Waals surface area contributed by atoms with Crippen molar-refractivity contribution in [3.8, 4) is 0 Å². The molecule has 1 amide bonds. The maximum absolute atomic E-state index is 13.5. The highest BCUT2D eigenvalue weighted by atomic mass is 16.6. The van der Waals surface area contributed by atoms with Crippen LogP contribution in [0.4, 0.5) is 5.69 Å². The van der Waals surface area contributed by atoms with E-state index in [0.717, 1.165) is 5.56 Å². The van der Waals surface area contributed by atoms with Gasteiger partial charge in [-0.05, 0) is 37.0 Å². The van der Waals surface area contributed by atoms with Gasteiger partial charge in [0.05, 0.1) is 19.8 Å². The summed E-state index contributed by atoms with van der Waals surface area (Å²) in [7, 11) is 0. The molecule has 4 rings (SSSR count). The minimum Gasteiger partial charge on any atom is -0.465 e. The molecule has 2 aliphatic heterocycles. The third-order valence-electron chi connectivity index (χ3n) is 5.58. The quantitative estimate of drug-likeness (QED) is 0.824. The number of amides is 1. The van der Waals surface area contributed by atoms with Crippen LogP contribution in [0.1, 0.15) is 30.9 Å². The van der Waals surface area contributed by atoms with Crippen molar-refractivity contribution < 1.29 is 24.2 Å². The van der Waals surface area contributed by atoms with Gasteiger partial charge in [-0.2, -0.15) is 0 Å². The van der Waals surface area contributed by atoms with Gasteiger partial charge in [-0.15, -0.1) is 0 Å². The molecule has 6 nitrogen and oxygen atoms in total. The molecular formula is C22H23NO5. The van der Waals surface area contributed by atoms with Gasteiger partial charge in [0.2, 0.25) is 0 Å². The summed E-state index contributed by atoms with van der Waals surface area (Å²) in [6.07, 6.45) is 0.825. The van der Waals surface area contributed by atoms with Gasteiger partial charge in [0.25, 0.3) is 11.7 Å². The van der Waals surface area contributed by atoms with E-state index >= 15 is 0 Å². The second-order valence-electron chi connectivity index (χ2n) is 7.12. The van der Waals surface area contributed by atoms with Crippen LogP contribution in [0.15, 0.2) is 54.6 Å². The van der Waals surface area contributed by atoms with E-state index in [9.17, 15) is 14.7 Å². The molecule has 2 atom stereocenters. The van der Waals surface area contributed by atoms with Crippen molar-refractivity contribution in [3.05, 3.63) is 65.7 Å². The molecule has 0 spiro atoms. The summed E-state index contributed by atoms with van der Waals surface area (Å²) in [5.74, 6) is -3.55. The number of carbonyl (C=O) groups excluding carboxylic acids is 2. The van der Waals surface area contributed by atoms with Crippen LogP contribution >= 0.6 is 0 Å². The fourth-order valence-corrected chi connectivity index (χ4v) is 4.30. The fourth-order valence-electron chi connectivity index (χ4n) is 4.30. The first-order chi connectivity index (χ1) is 13.5. The Morgan fingerprint density at radius 1 is 1.18 bits per heavy atom. The maximum Gasteiger partial charge on any atom is 0.322 e. The first kappa shape index (κ1) is 18.7. The number of fused-ring (bicyclic) bond motifs is 3. The number of rotatable bonds is 4. The predicted octanol–water partition coefficient (Wildman–Crippen LogP) is 2.53. The van der Waals surface area contributed by atoms with E-state index in [1.807, 2.05) is 36.4 Å². The molecule has 1 fully saturated rings. The monoisotopic (exact) mass is 381 g/mol. The highest BCUT2D eigenvalue weighted by Crippen LogP contribution is 2.52. The van der Waals surface area contributed by atoms with Gasteiger partial charge >= 0.3 is 5.97 Å². The van der Waals surface area contributed by atoms with Crippen LogP contribution in [-0.4, -0.2) is 36.0 Å². The standard InChI is InChI=1S/C22H23NO5/c1-2-27-20(25)21-13-8-14-28-22(21,26)19(24)23(15-16-9-4-3-5-10-16)18-12-7-6-11-17(18)21/h3-7,9-12,26H,2,8,13-15H2,1H3/t21-,22+/m1/s1. The summed E-state index contributed by atoms with van der Waals surface area (Å²) in [6, 6.07) is 16.7. The van der Waals surface area contributed by atoms with Crippen LogP contribution in [-0.2, 0) is 31.0 Å². The van der Waals surface area contributed by atoms with Crippen LogP contribution in [0.2, 0.25) is 0 Å². The largest absolute Gasteiger partial charge is 0.465 e. The minimum absolute atomic E-state index is 0.154. The van der Waals surface area contributed by atoms with E-state index in [1.54, 1.807) is 25.1 Å². The van der Waals surface area contributed by atoms with Crippen molar-refractivity contribution >= 4 is 17.6 Å². The Morgan fingerprint density at radius 3 is 2.64 bits per heavy atom. The molecule has 6 heteroatoms. The van der Waals surface area contributed by atoms with Crippen LogP contribution in [0.25, 0.3) is 0 Å². The van der Waals surface area contributed by atoms with Gasteiger partial charge in [0.15, 0.2) is 5.41 Å². The normalized spacial score (nSPS) is 26.4. The number of para-hydroxylation sites is 1. The number of hydrogen-bond acceptors (Lipinski definition) is 5. The number of hydrogen-bond donors (Lipinski definition) is 1. The van der Waals surface area contributed by atoms with E-state index in [1.165, 1.54) is 4.90 Å². The zero-order chi connectivity index (χ0) is 19.8. The summed E-state index contributed by atoms with van der Waals surface area (Å²) in [4.78, 5) is 28.1. The number of aliphatic hydroxyl groups is 1. The van der Waals surface area contributed by atoms with Crippen molar-refractivity contribution in [2.45, 2.75) is 37.5 Å². The van der Waals surface area contributed by atoms with Crippen LogP contribution in [0.5, 0.6) is 0 Å². The lowest BCUT2D eigenvalue weighted by atomic mass is 9.65. The average Bonchev–Trinajstić information content (AvgIpc) is 2.72. The van der Waals surface area contributed by atoms with Gasteiger partial charge in [-0.3, -0.25) is 9.59 Å². The summed E-state index contributed by atoms with van der Waals surface area (Å²) in [6.45, 7) is 2.32. The predicted molar refractivity (Wildman–Crippen MR) is 103 cm³/mol. The smallest absolute Gasteiger partial charge is 0.322 e. The van der Waals surface area contributed by atoms with Crippen molar-refractivity contribution in [1.82, 2.24) is 0 Å². The van der Waals surface area contributed by atoms with E-state index in [2.05, 4.69) is 0 Å². The lowest BCUT2D eigenvalue weighted by Gasteiger charge is -2.52. The van der Waals surface area contributed by atoms with Crippen molar-refractivity contribution in [3.63, 3.8) is 0 Å². The minimum atomic E-state index is -2.29. The Labute approximate surface area is 163 Å². The number of anilines is 1. The maximum atomic E-state index is 13.5. The third kappa shape index (κ3) is 2.56. The molecule has 0 aliphatic carbocycles. The van der Waals surface area contributed by atoms with Gasteiger partial charge in [-0.1, -0.05) is 48.5 Å². The lowest BCUT2D eigenvalue weighted by molar-refractivity contribution is -0.258. The second-order valence-corrected chi connectivity index (χ2v) is 7.12. The summed E-state index contributed by atoms with van der Waals surface area (Å²) < 4.78 is 11.0. The molecule has 0 saturated carbocycles. The number of nitrogens with zero attached hydrogens (tertiary/aromatic N) is 1. The molecule has 2 heterocycles. The highest BCUT2D eigenvalue weighted by molar-refractivity contribution is 6.09. The van der Waals surface area contributed by atoms with Crippen molar-refractivity contribution in [1.29, 1.82) is 0 Å². The topological polar surface area (TPSA) is 76.1 Å². The molecule has 2 aliphatic rings. The molecule has 0 bridgehead atoms. The van der Waals surface area contributed by atoms with Crippen LogP contribution < -0.4 is 4.90 Å². The van der Waals surface area contributed by atoms with E-state index in [4.69, 9.17) is 9.47 Å². The Balaban J connectivity index is 1.90. The third-order valence-corrected chi connectivity index (χ3v) is 5.58. The van der Waals surface area contributed by atoms with Gasteiger partial charge < -0.3 is 19.5 Å². The van der Waals surface area contributed by atoms with Crippen molar-refractivity contribution in [2.24, 2.45) is 0 Å². The molecule has 2 aromatic rings. The molecule has 1 N–H and O–H groups in total. The Morgan fingerprint density at radius 2 is 1.89 bits per heavy atom. The fraction of sp³-hybridized carbons (Fsp3) is 0.364. The molecule has 0 radical (unpaired) electrons. The Kier molecular flexibility index (Phi) is 4.69. The Bertz CT molecular complexity index is 899. The Hall–Kier alpha value is -2.70. The zero-order valence-corrected chi connectivity index (χ0v) is 15.8. The second kappa shape index (κ2) is 7.04. The van der Waals surface area contributed by atoms with Gasteiger partial charge in [-0.25, -0.2) is 0 Å². The van der Waals surface area contributed by atoms with Crippen LogP contribution in [0.3, 0.4) is 0 Å². The molecule has 28 heavy (non-hydrogen) atoms. The van der Waals surface area contributed by atoms with E-state index < -0.39 is 23.1 Å². The SMILES string of the molecule is CCOC(=O)[C@]12CCCO[C@@]1(O)C(=O)N(Cc1ccccc1)c1ccccc12. The van der Waals surface area contributed by atoms with Gasteiger partial charge in [0, 0.05) is 5.69 Å². The molecule has 1 saturated heterocycles. The first-order valence-corrected chi connectivity index (χ1v) is 9.53. The number of esters is 1. The summed E-state index contributed by atoms with van der Waals surface area (Å²) in [5.41, 5.74) is 0.502. The van der Waals surface area contributed by atoms with Gasteiger partial charge in [0.1, 0.15) is 0 Å². The summed E-state index contributed by atoms with van der Waals surface area (Å²) >= 11 is 0. The number of ether oxygens (including phenoxy) is 2.